The van der Waals surface area contributed by atoms with Crippen LogP contribution in [0.3, 0.4) is 0 Å². The second-order valence-electron chi connectivity index (χ2n) is 8.69. The molecular weight excluding hydrogens is 386 g/mol. The van der Waals surface area contributed by atoms with Crippen molar-refractivity contribution in [2.24, 2.45) is 5.92 Å². The molecule has 7 heteroatoms. The van der Waals surface area contributed by atoms with Gasteiger partial charge in [-0.05, 0) is 82.3 Å². The van der Waals surface area contributed by atoms with Crippen molar-refractivity contribution >= 4 is 26.7 Å². The van der Waals surface area contributed by atoms with Gasteiger partial charge in [0.15, 0.2) is 5.78 Å². The van der Waals surface area contributed by atoms with Crippen molar-refractivity contribution in [2.75, 3.05) is 26.2 Å². The highest BCUT2D eigenvalue weighted by atomic mass is 32.2. The Morgan fingerprint density at radius 1 is 1.21 bits per heavy atom. The van der Waals surface area contributed by atoms with E-state index >= 15 is 0 Å². The van der Waals surface area contributed by atoms with Crippen LogP contribution in [0.2, 0.25) is 0 Å². The number of nitrogens with one attached hydrogen (secondary N) is 2. The fourth-order valence-corrected chi connectivity index (χ4v) is 5.93. The van der Waals surface area contributed by atoms with E-state index in [1.165, 1.54) is 12.8 Å². The van der Waals surface area contributed by atoms with Crippen LogP contribution < -0.4 is 4.72 Å². The Morgan fingerprint density at radius 3 is 2.72 bits per heavy atom. The van der Waals surface area contributed by atoms with Crippen LogP contribution in [0.4, 0.5) is 0 Å². The Balaban J connectivity index is 1.45. The SMILES string of the molecule is Cc1cc2c3c([nH]c2cc1S(=O)(=O)NCCCN1CCC(C)CC1)CCCC3=O. The number of nitrogens with zero attached hydrogens (tertiary/aromatic N) is 1. The first-order valence-corrected chi connectivity index (χ1v) is 12.2. The van der Waals surface area contributed by atoms with E-state index in [9.17, 15) is 13.2 Å². The number of rotatable bonds is 6. The van der Waals surface area contributed by atoms with Gasteiger partial charge in [-0.2, -0.15) is 0 Å². The second-order valence-corrected chi connectivity index (χ2v) is 10.4. The number of Topliss-reactive ketones (excluding diaryl/α,β-unsaturated/α-hetero) is 1. The lowest BCUT2D eigenvalue weighted by atomic mass is 9.94. The maximum Gasteiger partial charge on any atom is 0.240 e. The summed E-state index contributed by atoms with van der Waals surface area (Å²) in [6, 6.07) is 3.53. The predicted octanol–water partition coefficient (Wildman–Crippen LogP) is 3.40. The third-order valence-corrected chi connectivity index (χ3v) is 7.99. The van der Waals surface area contributed by atoms with Gasteiger partial charge in [0.2, 0.25) is 10.0 Å². The molecule has 158 valence electrons. The van der Waals surface area contributed by atoms with Gasteiger partial charge in [0.1, 0.15) is 0 Å². The maximum atomic E-state index is 12.9. The van der Waals surface area contributed by atoms with Gasteiger partial charge >= 0.3 is 0 Å². The number of sulfonamides is 1. The Labute approximate surface area is 173 Å². The highest BCUT2D eigenvalue weighted by molar-refractivity contribution is 7.89. The standard InChI is InChI=1S/C22H31N3O3S/c1-15-7-11-25(12-8-15)10-4-9-23-29(27,28)21-14-19-17(13-16(21)2)22-18(24-19)5-3-6-20(22)26/h13-15,23-24H,3-12H2,1-2H3. The van der Waals surface area contributed by atoms with Gasteiger partial charge in [-0.3, -0.25) is 4.79 Å². The predicted molar refractivity (Wildman–Crippen MR) is 115 cm³/mol. The zero-order valence-electron chi connectivity index (χ0n) is 17.4. The molecule has 2 aliphatic rings. The number of hydrogen-bond acceptors (Lipinski definition) is 4. The van der Waals surface area contributed by atoms with Crippen LogP contribution in [0, 0.1) is 12.8 Å². The number of likely N-dealkylation sites (tertiary alicyclic amines) is 1. The van der Waals surface area contributed by atoms with Crippen molar-refractivity contribution in [3.63, 3.8) is 0 Å². The van der Waals surface area contributed by atoms with Gasteiger partial charge < -0.3 is 9.88 Å². The molecule has 2 aromatic rings. The number of aromatic amines is 1. The lowest BCUT2D eigenvalue weighted by Gasteiger charge is -2.30. The van der Waals surface area contributed by atoms with Gasteiger partial charge in [-0.1, -0.05) is 6.92 Å². The van der Waals surface area contributed by atoms with Crippen LogP contribution in [0.15, 0.2) is 17.0 Å². The molecule has 6 nitrogen and oxygen atoms in total. The molecular formula is C22H31N3O3S. The van der Waals surface area contributed by atoms with Crippen molar-refractivity contribution in [2.45, 2.75) is 57.3 Å². The summed E-state index contributed by atoms with van der Waals surface area (Å²) in [6.45, 7) is 7.68. The molecule has 1 aromatic heterocycles. The number of benzene rings is 1. The molecule has 1 fully saturated rings. The van der Waals surface area contributed by atoms with E-state index in [1.54, 1.807) is 13.0 Å². The third kappa shape index (κ3) is 4.27. The lowest BCUT2D eigenvalue weighted by molar-refractivity contribution is 0.0974. The summed E-state index contributed by atoms with van der Waals surface area (Å²) in [4.78, 5) is 18.3. The van der Waals surface area contributed by atoms with Gasteiger partial charge in [0.05, 0.1) is 4.90 Å². The number of carbonyl (C=O) groups excluding carboxylic acids is 1. The average Bonchev–Trinajstić information content (AvgIpc) is 3.04. The summed E-state index contributed by atoms with van der Waals surface area (Å²) in [5.41, 5.74) is 3.10. The molecule has 4 rings (SSSR count). The van der Waals surface area contributed by atoms with Crippen LogP contribution in [0.5, 0.6) is 0 Å². The Kier molecular flexibility index (Phi) is 5.82. The zero-order chi connectivity index (χ0) is 20.6. The molecule has 2 N–H and O–H groups in total. The normalized spacial score (nSPS) is 19.0. The fraction of sp³-hybridized carbons (Fsp3) is 0.591. The Morgan fingerprint density at radius 2 is 1.97 bits per heavy atom. The first kappa shape index (κ1) is 20.6. The summed E-state index contributed by atoms with van der Waals surface area (Å²) in [5.74, 6) is 0.953. The zero-order valence-corrected chi connectivity index (χ0v) is 18.2. The molecule has 1 aliphatic carbocycles. The maximum absolute atomic E-state index is 12.9. The summed E-state index contributed by atoms with van der Waals surface area (Å²) >= 11 is 0. The number of carbonyl (C=O) groups is 1. The topological polar surface area (TPSA) is 82.3 Å². The van der Waals surface area contributed by atoms with Crippen molar-refractivity contribution in [1.29, 1.82) is 0 Å². The monoisotopic (exact) mass is 417 g/mol. The summed E-state index contributed by atoms with van der Waals surface area (Å²) in [7, 11) is -3.58. The van der Waals surface area contributed by atoms with Crippen molar-refractivity contribution in [3.8, 4) is 0 Å². The van der Waals surface area contributed by atoms with E-state index < -0.39 is 10.0 Å². The van der Waals surface area contributed by atoms with Gasteiger partial charge in [0, 0.05) is 35.1 Å². The molecule has 0 radical (unpaired) electrons. The van der Waals surface area contributed by atoms with Crippen LogP contribution in [0.25, 0.3) is 10.9 Å². The second kappa shape index (κ2) is 8.20. The summed E-state index contributed by atoms with van der Waals surface area (Å²) in [5, 5.41) is 0.848. The Bertz CT molecular complexity index is 1020. The van der Waals surface area contributed by atoms with Crippen molar-refractivity contribution < 1.29 is 13.2 Å². The number of aryl methyl sites for hydroxylation is 2. The molecule has 1 aromatic carbocycles. The third-order valence-electron chi connectivity index (χ3n) is 6.39. The fourth-order valence-electron chi connectivity index (χ4n) is 4.60. The number of aromatic nitrogens is 1. The van der Waals surface area contributed by atoms with Crippen LogP contribution in [-0.4, -0.2) is 50.3 Å². The van der Waals surface area contributed by atoms with E-state index in [4.69, 9.17) is 0 Å². The molecule has 0 amide bonds. The summed E-state index contributed by atoms with van der Waals surface area (Å²) in [6.07, 6.45) is 5.52. The van der Waals surface area contributed by atoms with Crippen molar-refractivity contribution in [3.05, 3.63) is 29.0 Å². The van der Waals surface area contributed by atoms with E-state index in [0.717, 1.165) is 67.0 Å². The number of piperidine rings is 1. The number of fused-ring (bicyclic) bond motifs is 3. The highest BCUT2D eigenvalue weighted by Gasteiger charge is 2.25. The number of ketones is 1. The Hall–Kier alpha value is -1.70. The molecule has 0 unspecified atom stereocenters. The quantitative estimate of drug-likeness (QED) is 0.706. The molecule has 29 heavy (non-hydrogen) atoms. The number of hydrogen-bond donors (Lipinski definition) is 2. The minimum atomic E-state index is -3.58. The number of H-pyrrole nitrogens is 1. The largest absolute Gasteiger partial charge is 0.358 e. The van der Waals surface area contributed by atoms with E-state index in [2.05, 4.69) is 21.5 Å². The first-order valence-electron chi connectivity index (χ1n) is 10.8. The molecule has 1 aliphatic heterocycles. The van der Waals surface area contributed by atoms with Gasteiger partial charge in [0.25, 0.3) is 0 Å². The first-order chi connectivity index (χ1) is 13.8. The smallest absolute Gasteiger partial charge is 0.240 e. The lowest BCUT2D eigenvalue weighted by Crippen LogP contribution is -2.35. The van der Waals surface area contributed by atoms with Crippen LogP contribution >= 0.6 is 0 Å². The molecule has 0 spiro atoms. The molecule has 2 heterocycles. The van der Waals surface area contributed by atoms with E-state index in [0.29, 0.717) is 23.4 Å². The molecule has 0 saturated carbocycles. The van der Waals surface area contributed by atoms with E-state index in [-0.39, 0.29) is 5.78 Å². The average molecular weight is 418 g/mol. The van der Waals surface area contributed by atoms with E-state index in [1.807, 2.05) is 6.07 Å². The van der Waals surface area contributed by atoms with Crippen LogP contribution in [-0.2, 0) is 16.4 Å². The molecule has 1 saturated heterocycles. The van der Waals surface area contributed by atoms with Crippen LogP contribution in [0.1, 0.15) is 60.6 Å². The minimum absolute atomic E-state index is 0.151. The summed E-state index contributed by atoms with van der Waals surface area (Å²) < 4.78 is 28.5. The van der Waals surface area contributed by atoms with Gasteiger partial charge in [-0.15, -0.1) is 0 Å². The van der Waals surface area contributed by atoms with Gasteiger partial charge in [-0.25, -0.2) is 13.1 Å². The highest BCUT2D eigenvalue weighted by Crippen LogP contribution is 2.32. The molecule has 0 bridgehead atoms. The molecule has 0 atom stereocenters. The minimum Gasteiger partial charge on any atom is -0.358 e. The van der Waals surface area contributed by atoms with Crippen molar-refractivity contribution in [1.82, 2.24) is 14.6 Å².